The summed E-state index contributed by atoms with van der Waals surface area (Å²) in [7, 11) is 0. The van der Waals surface area contributed by atoms with E-state index in [1.54, 1.807) is 23.1 Å². The van der Waals surface area contributed by atoms with Gasteiger partial charge >= 0.3 is 6.03 Å². The Labute approximate surface area is 189 Å². The number of amides is 3. The van der Waals surface area contributed by atoms with Gasteiger partial charge in [-0.25, -0.2) is 4.79 Å². The normalized spacial score (nSPS) is 12.9. The quantitative estimate of drug-likeness (QED) is 0.371. The molecule has 0 atom stereocenters. The van der Waals surface area contributed by atoms with E-state index in [1.807, 2.05) is 54.7 Å². The third-order valence-electron chi connectivity index (χ3n) is 5.49. The Hall–Kier alpha value is -4.30. The number of benzene rings is 3. The number of fused-ring (bicyclic) bond motifs is 2. The first-order chi connectivity index (χ1) is 16.1. The van der Waals surface area contributed by atoms with Gasteiger partial charge in [0.2, 0.25) is 0 Å². The Kier molecular flexibility index (Phi) is 5.42. The number of ether oxygens (including phenoxy) is 1. The lowest BCUT2D eigenvalue weighted by Crippen LogP contribution is -2.38. The minimum atomic E-state index is -0.384. The van der Waals surface area contributed by atoms with Crippen LogP contribution in [0.4, 0.5) is 21.9 Å². The van der Waals surface area contributed by atoms with Crippen molar-refractivity contribution >= 4 is 39.9 Å². The van der Waals surface area contributed by atoms with Crippen LogP contribution in [0.15, 0.2) is 72.9 Å². The maximum Gasteiger partial charge on any atom is 0.323 e. The standard InChI is InChI=1S/C25H22N4O4/c30-14-17-3-1-2-16(10-17)13-29-22-7-6-20(12-23(22)33-15-24(29)31)28-25(32)27-19-5-4-18-8-9-26-21(18)11-19/h1-12,26,30H,13-15H2,(H2,27,28,32). The van der Waals surface area contributed by atoms with Gasteiger partial charge in [-0.2, -0.15) is 0 Å². The molecule has 0 fully saturated rings. The predicted molar refractivity (Wildman–Crippen MR) is 126 cm³/mol. The van der Waals surface area contributed by atoms with Gasteiger partial charge in [-0.1, -0.05) is 30.3 Å². The molecule has 0 aliphatic carbocycles. The highest BCUT2D eigenvalue weighted by Gasteiger charge is 2.26. The van der Waals surface area contributed by atoms with Gasteiger partial charge in [0.15, 0.2) is 6.61 Å². The van der Waals surface area contributed by atoms with Gasteiger partial charge in [-0.05, 0) is 46.8 Å². The average molecular weight is 442 g/mol. The molecule has 2 heterocycles. The molecule has 3 aromatic carbocycles. The molecule has 0 saturated carbocycles. The SMILES string of the molecule is O=C(Nc1ccc2c(c1)OCC(=O)N2Cc1cccc(CO)c1)Nc1ccc2cc[nH]c2c1. The van der Waals surface area contributed by atoms with Crippen LogP contribution in [0.2, 0.25) is 0 Å². The number of hydrogen-bond donors (Lipinski definition) is 4. The fourth-order valence-electron chi connectivity index (χ4n) is 3.88. The van der Waals surface area contributed by atoms with Crippen LogP contribution in [0, 0.1) is 0 Å². The highest BCUT2D eigenvalue weighted by atomic mass is 16.5. The van der Waals surface area contributed by atoms with Crippen molar-refractivity contribution in [1.29, 1.82) is 0 Å². The molecule has 0 spiro atoms. The molecular formula is C25H22N4O4. The van der Waals surface area contributed by atoms with Gasteiger partial charge in [-0.3, -0.25) is 4.79 Å². The van der Waals surface area contributed by atoms with Gasteiger partial charge in [0.25, 0.3) is 5.91 Å². The molecule has 8 heteroatoms. The zero-order chi connectivity index (χ0) is 22.8. The van der Waals surface area contributed by atoms with E-state index in [9.17, 15) is 14.7 Å². The lowest BCUT2D eigenvalue weighted by Gasteiger charge is -2.30. The van der Waals surface area contributed by atoms with Crippen molar-refractivity contribution in [3.63, 3.8) is 0 Å². The average Bonchev–Trinajstić information content (AvgIpc) is 3.29. The number of hydrogen-bond acceptors (Lipinski definition) is 4. The Morgan fingerprint density at radius 3 is 2.64 bits per heavy atom. The van der Waals surface area contributed by atoms with E-state index in [1.165, 1.54) is 0 Å². The highest BCUT2D eigenvalue weighted by Crippen LogP contribution is 2.35. The lowest BCUT2D eigenvalue weighted by molar-refractivity contribution is -0.121. The Morgan fingerprint density at radius 2 is 1.79 bits per heavy atom. The number of aromatic amines is 1. The van der Waals surface area contributed by atoms with Crippen LogP contribution in [-0.2, 0) is 17.9 Å². The second-order valence-corrected chi connectivity index (χ2v) is 7.79. The van der Waals surface area contributed by atoms with E-state index in [0.29, 0.717) is 29.4 Å². The van der Waals surface area contributed by atoms with Crippen LogP contribution in [0.5, 0.6) is 5.75 Å². The summed E-state index contributed by atoms with van der Waals surface area (Å²) in [6.45, 7) is 0.216. The molecule has 0 saturated heterocycles. The van der Waals surface area contributed by atoms with Crippen LogP contribution in [-0.4, -0.2) is 28.6 Å². The summed E-state index contributed by atoms with van der Waals surface area (Å²) in [4.78, 5) is 29.8. The number of nitrogens with zero attached hydrogens (tertiary/aromatic N) is 1. The third kappa shape index (κ3) is 4.37. The Bertz CT molecular complexity index is 1350. The summed E-state index contributed by atoms with van der Waals surface area (Å²) in [5.74, 6) is 0.355. The van der Waals surface area contributed by atoms with Crippen molar-refractivity contribution in [3.05, 3.63) is 84.1 Å². The largest absolute Gasteiger partial charge is 0.481 e. The number of carbonyl (C=O) groups excluding carboxylic acids is 2. The maximum absolute atomic E-state index is 12.5. The highest BCUT2D eigenvalue weighted by molar-refractivity contribution is 6.02. The minimum Gasteiger partial charge on any atom is -0.481 e. The summed E-state index contributed by atoms with van der Waals surface area (Å²) in [5, 5.41) is 16.1. The molecule has 5 rings (SSSR count). The first-order valence-electron chi connectivity index (χ1n) is 10.5. The fourth-order valence-corrected chi connectivity index (χ4v) is 3.88. The molecular weight excluding hydrogens is 420 g/mol. The van der Waals surface area contributed by atoms with Gasteiger partial charge in [-0.15, -0.1) is 0 Å². The maximum atomic E-state index is 12.5. The lowest BCUT2D eigenvalue weighted by atomic mass is 10.1. The zero-order valence-corrected chi connectivity index (χ0v) is 17.7. The number of rotatable bonds is 5. The first-order valence-corrected chi connectivity index (χ1v) is 10.5. The summed E-state index contributed by atoms with van der Waals surface area (Å²) < 4.78 is 5.62. The molecule has 33 heavy (non-hydrogen) atoms. The minimum absolute atomic E-state index is 0.0581. The van der Waals surface area contributed by atoms with Gasteiger partial charge in [0.1, 0.15) is 5.75 Å². The van der Waals surface area contributed by atoms with Crippen molar-refractivity contribution < 1.29 is 19.4 Å². The van der Waals surface area contributed by atoms with E-state index < -0.39 is 0 Å². The molecule has 0 radical (unpaired) electrons. The molecule has 1 aromatic heterocycles. The van der Waals surface area contributed by atoms with Crippen molar-refractivity contribution in [2.75, 3.05) is 22.1 Å². The summed E-state index contributed by atoms with van der Waals surface area (Å²) in [6, 6.07) is 19.8. The predicted octanol–water partition coefficient (Wildman–Crippen LogP) is 4.23. The molecule has 4 aromatic rings. The molecule has 8 nitrogen and oxygen atoms in total. The number of nitrogens with one attached hydrogen (secondary N) is 3. The van der Waals surface area contributed by atoms with E-state index in [2.05, 4.69) is 15.6 Å². The number of aliphatic hydroxyl groups excluding tert-OH is 1. The zero-order valence-electron chi connectivity index (χ0n) is 17.7. The van der Waals surface area contributed by atoms with Gasteiger partial charge in [0.05, 0.1) is 18.8 Å². The van der Waals surface area contributed by atoms with E-state index >= 15 is 0 Å². The van der Waals surface area contributed by atoms with Crippen LogP contribution >= 0.6 is 0 Å². The number of carbonyl (C=O) groups is 2. The first kappa shape index (κ1) is 20.6. The summed E-state index contributed by atoms with van der Waals surface area (Å²) >= 11 is 0. The van der Waals surface area contributed by atoms with E-state index in [4.69, 9.17) is 4.74 Å². The molecule has 1 aliphatic rings. The molecule has 4 N–H and O–H groups in total. The molecule has 0 unspecified atom stereocenters. The molecule has 1 aliphatic heterocycles. The van der Waals surface area contributed by atoms with Gasteiger partial charge in [0, 0.05) is 29.2 Å². The van der Waals surface area contributed by atoms with Crippen LogP contribution < -0.4 is 20.3 Å². The van der Waals surface area contributed by atoms with Crippen LogP contribution in [0.25, 0.3) is 10.9 Å². The van der Waals surface area contributed by atoms with E-state index in [-0.39, 0.29) is 25.2 Å². The summed E-state index contributed by atoms with van der Waals surface area (Å²) in [6.07, 6.45) is 1.85. The molecule has 3 amide bonds. The molecule has 166 valence electrons. The van der Waals surface area contributed by atoms with Crippen LogP contribution in [0.1, 0.15) is 11.1 Å². The smallest absolute Gasteiger partial charge is 0.323 e. The number of aliphatic hydroxyl groups is 1. The Morgan fingerprint density at radius 1 is 1.00 bits per heavy atom. The third-order valence-corrected chi connectivity index (χ3v) is 5.49. The fraction of sp³-hybridized carbons (Fsp3) is 0.120. The van der Waals surface area contributed by atoms with Crippen LogP contribution in [0.3, 0.4) is 0 Å². The van der Waals surface area contributed by atoms with Crippen molar-refractivity contribution in [2.24, 2.45) is 0 Å². The number of anilines is 3. The van der Waals surface area contributed by atoms with E-state index in [0.717, 1.165) is 22.0 Å². The number of H-pyrrole nitrogens is 1. The van der Waals surface area contributed by atoms with Gasteiger partial charge < -0.3 is 30.4 Å². The molecule has 0 bridgehead atoms. The second kappa shape index (κ2) is 8.68. The topological polar surface area (TPSA) is 107 Å². The summed E-state index contributed by atoms with van der Waals surface area (Å²) in [5.41, 5.74) is 4.47. The number of aromatic nitrogens is 1. The second-order valence-electron chi connectivity index (χ2n) is 7.79. The number of urea groups is 1. The van der Waals surface area contributed by atoms with Crippen molar-refractivity contribution in [3.8, 4) is 5.75 Å². The van der Waals surface area contributed by atoms with Crippen molar-refractivity contribution in [1.82, 2.24) is 4.98 Å². The Balaban J connectivity index is 1.31. The monoisotopic (exact) mass is 442 g/mol. The van der Waals surface area contributed by atoms with Crippen molar-refractivity contribution in [2.45, 2.75) is 13.2 Å².